The molecule has 4 nitrogen and oxygen atoms in total. The van der Waals surface area contributed by atoms with E-state index in [2.05, 4.69) is 5.32 Å². The molecule has 1 fully saturated rings. The number of carbonyl (C=O) groups is 1. The number of benzene rings is 1. The monoisotopic (exact) mass is 276 g/mol. The molecule has 1 aliphatic carbocycles. The summed E-state index contributed by atoms with van der Waals surface area (Å²) < 4.78 is 5.88. The molecule has 0 aromatic heterocycles. The van der Waals surface area contributed by atoms with Crippen LogP contribution in [0.1, 0.15) is 39.5 Å². The predicted octanol–water partition coefficient (Wildman–Crippen LogP) is 2.93. The quantitative estimate of drug-likeness (QED) is 0.869. The third kappa shape index (κ3) is 3.97. The van der Waals surface area contributed by atoms with Crippen molar-refractivity contribution >= 4 is 11.6 Å². The second-order valence-electron chi connectivity index (χ2n) is 5.81. The van der Waals surface area contributed by atoms with Crippen LogP contribution in [0.2, 0.25) is 0 Å². The van der Waals surface area contributed by atoms with Gasteiger partial charge in [-0.15, -0.1) is 0 Å². The van der Waals surface area contributed by atoms with Crippen LogP contribution < -0.4 is 15.8 Å². The highest BCUT2D eigenvalue weighted by atomic mass is 16.5. The smallest absolute Gasteiger partial charge is 0.241 e. The van der Waals surface area contributed by atoms with Crippen molar-refractivity contribution in [1.29, 1.82) is 0 Å². The van der Waals surface area contributed by atoms with Gasteiger partial charge in [0.05, 0.1) is 12.1 Å². The highest BCUT2D eigenvalue weighted by Gasteiger charge is 2.18. The van der Waals surface area contributed by atoms with E-state index < -0.39 is 6.04 Å². The van der Waals surface area contributed by atoms with Gasteiger partial charge in [0.15, 0.2) is 0 Å². The van der Waals surface area contributed by atoms with Crippen LogP contribution in [0, 0.1) is 5.92 Å². The maximum absolute atomic E-state index is 11.9. The molecule has 1 saturated carbocycles. The van der Waals surface area contributed by atoms with Gasteiger partial charge in [-0.3, -0.25) is 4.79 Å². The van der Waals surface area contributed by atoms with Gasteiger partial charge in [-0.1, -0.05) is 13.8 Å². The second-order valence-corrected chi connectivity index (χ2v) is 5.81. The summed E-state index contributed by atoms with van der Waals surface area (Å²) in [4.78, 5) is 11.9. The Hall–Kier alpha value is -1.55. The van der Waals surface area contributed by atoms with E-state index in [0.29, 0.717) is 6.10 Å². The second kappa shape index (κ2) is 6.75. The van der Waals surface area contributed by atoms with Gasteiger partial charge in [0.25, 0.3) is 0 Å². The van der Waals surface area contributed by atoms with Crippen LogP contribution in [-0.4, -0.2) is 18.1 Å². The van der Waals surface area contributed by atoms with Gasteiger partial charge >= 0.3 is 0 Å². The summed E-state index contributed by atoms with van der Waals surface area (Å²) in [6.07, 6.45) is 5.14. The molecule has 1 atom stereocenters. The molecule has 4 heteroatoms. The van der Waals surface area contributed by atoms with Gasteiger partial charge in [-0.05, 0) is 55.9 Å². The van der Waals surface area contributed by atoms with Crippen molar-refractivity contribution in [3.05, 3.63) is 24.3 Å². The minimum atomic E-state index is -0.482. The van der Waals surface area contributed by atoms with Crippen LogP contribution >= 0.6 is 0 Å². The first-order chi connectivity index (χ1) is 9.56. The Balaban J connectivity index is 1.89. The summed E-state index contributed by atoms with van der Waals surface area (Å²) >= 11 is 0. The third-order valence-corrected chi connectivity index (χ3v) is 3.75. The summed E-state index contributed by atoms with van der Waals surface area (Å²) in [6.45, 7) is 3.87. The summed E-state index contributed by atoms with van der Waals surface area (Å²) in [7, 11) is 0. The fraction of sp³-hybridized carbons (Fsp3) is 0.562. The number of hydrogen-bond acceptors (Lipinski definition) is 3. The first kappa shape index (κ1) is 14.9. The van der Waals surface area contributed by atoms with E-state index in [1.165, 1.54) is 12.8 Å². The van der Waals surface area contributed by atoms with E-state index in [4.69, 9.17) is 10.5 Å². The fourth-order valence-corrected chi connectivity index (χ4v) is 2.34. The van der Waals surface area contributed by atoms with Crippen LogP contribution in [-0.2, 0) is 4.79 Å². The van der Waals surface area contributed by atoms with Crippen molar-refractivity contribution in [3.8, 4) is 5.75 Å². The Morgan fingerprint density at radius 2 is 1.85 bits per heavy atom. The van der Waals surface area contributed by atoms with Crippen LogP contribution in [0.4, 0.5) is 5.69 Å². The molecular formula is C16H24N2O2. The van der Waals surface area contributed by atoms with E-state index in [-0.39, 0.29) is 11.8 Å². The van der Waals surface area contributed by atoms with Crippen molar-refractivity contribution in [2.75, 3.05) is 5.32 Å². The SMILES string of the molecule is CC(C)C(N)C(=O)Nc1ccc(OC2CCCC2)cc1. The fourth-order valence-electron chi connectivity index (χ4n) is 2.34. The normalized spacial score (nSPS) is 17.2. The van der Waals surface area contributed by atoms with Crippen LogP contribution in [0.3, 0.4) is 0 Å². The van der Waals surface area contributed by atoms with Crippen molar-refractivity contribution < 1.29 is 9.53 Å². The van der Waals surface area contributed by atoms with Gasteiger partial charge < -0.3 is 15.8 Å². The molecule has 0 bridgehead atoms. The first-order valence-electron chi connectivity index (χ1n) is 7.39. The summed E-state index contributed by atoms with van der Waals surface area (Å²) in [6, 6.07) is 7.03. The van der Waals surface area contributed by atoms with E-state index >= 15 is 0 Å². The van der Waals surface area contributed by atoms with Crippen LogP contribution in [0.5, 0.6) is 5.75 Å². The Morgan fingerprint density at radius 1 is 1.25 bits per heavy atom. The Labute approximate surface area is 120 Å². The molecular weight excluding hydrogens is 252 g/mol. The van der Waals surface area contributed by atoms with Gasteiger partial charge in [0.1, 0.15) is 5.75 Å². The molecule has 0 aliphatic heterocycles. The molecule has 3 N–H and O–H groups in total. The highest BCUT2D eigenvalue weighted by molar-refractivity contribution is 5.94. The standard InChI is InChI=1S/C16H24N2O2/c1-11(2)15(17)16(19)18-12-7-9-14(10-8-12)20-13-5-3-4-6-13/h7-11,13,15H,3-6,17H2,1-2H3,(H,18,19). The predicted molar refractivity (Wildman–Crippen MR) is 80.8 cm³/mol. The molecule has 0 radical (unpaired) electrons. The molecule has 110 valence electrons. The molecule has 1 aromatic rings. The van der Waals surface area contributed by atoms with Gasteiger partial charge in [0.2, 0.25) is 5.91 Å². The number of anilines is 1. The number of rotatable bonds is 5. The molecule has 0 heterocycles. The topological polar surface area (TPSA) is 64.4 Å². The Morgan fingerprint density at radius 3 is 2.40 bits per heavy atom. The maximum Gasteiger partial charge on any atom is 0.241 e. The molecule has 2 rings (SSSR count). The average molecular weight is 276 g/mol. The number of nitrogens with one attached hydrogen (secondary N) is 1. The number of ether oxygens (including phenoxy) is 1. The minimum Gasteiger partial charge on any atom is -0.490 e. The number of amides is 1. The highest BCUT2D eigenvalue weighted by Crippen LogP contribution is 2.25. The Bertz CT molecular complexity index is 436. The largest absolute Gasteiger partial charge is 0.490 e. The third-order valence-electron chi connectivity index (χ3n) is 3.75. The molecule has 0 spiro atoms. The van der Waals surface area contributed by atoms with Crippen LogP contribution in [0.15, 0.2) is 24.3 Å². The lowest BCUT2D eigenvalue weighted by atomic mass is 10.1. The van der Waals surface area contributed by atoms with Crippen LogP contribution in [0.25, 0.3) is 0 Å². The van der Waals surface area contributed by atoms with Crippen molar-refractivity contribution in [2.45, 2.75) is 51.7 Å². The minimum absolute atomic E-state index is 0.125. The lowest BCUT2D eigenvalue weighted by Crippen LogP contribution is -2.39. The molecule has 1 aliphatic rings. The molecule has 0 saturated heterocycles. The van der Waals surface area contributed by atoms with Crippen molar-refractivity contribution in [2.24, 2.45) is 11.7 Å². The van der Waals surface area contributed by atoms with Gasteiger partial charge in [0, 0.05) is 5.69 Å². The lowest BCUT2D eigenvalue weighted by Gasteiger charge is -2.16. The zero-order chi connectivity index (χ0) is 14.5. The molecule has 1 unspecified atom stereocenters. The summed E-state index contributed by atoms with van der Waals surface area (Å²) in [5, 5.41) is 2.82. The molecule has 20 heavy (non-hydrogen) atoms. The first-order valence-corrected chi connectivity index (χ1v) is 7.39. The average Bonchev–Trinajstić information content (AvgIpc) is 2.92. The Kier molecular flexibility index (Phi) is 5.01. The van der Waals surface area contributed by atoms with Gasteiger partial charge in [-0.25, -0.2) is 0 Å². The zero-order valence-corrected chi connectivity index (χ0v) is 12.3. The number of nitrogens with two attached hydrogens (primary N) is 1. The maximum atomic E-state index is 11.9. The zero-order valence-electron chi connectivity index (χ0n) is 12.3. The number of carbonyl (C=O) groups excluding carboxylic acids is 1. The molecule has 1 aromatic carbocycles. The summed E-state index contributed by atoms with van der Waals surface area (Å²) in [5.74, 6) is 0.840. The van der Waals surface area contributed by atoms with E-state index in [9.17, 15) is 4.79 Å². The van der Waals surface area contributed by atoms with E-state index in [1.54, 1.807) is 0 Å². The molecule has 1 amide bonds. The lowest BCUT2D eigenvalue weighted by molar-refractivity contribution is -0.118. The summed E-state index contributed by atoms with van der Waals surface area (Å²) in [5.41, 5.74) is 6.56. The van der Waals surface area contributed by atoms with Crippen molar-refractivity contribution in [1.82, 2.24) is 0 Å². The van der Waals surface area contributed by atoms with E-state index in [0.717, 1.165) is 24.3 Å². The van der Waals surface area contributed by atoms with Crippen molar-refractivity contribution in [3.63, 3.8) is 0 Å². The van der Waals surface area contributed by atoms with E-state index in [1.807, 2.05) is 38.1 Å². The number of hydrogen-bond donors (Lipinski definition) is 2. The van der Waals surface area contributed by atoms with Gasteiger partial charge in [-0.2, -0.15) is 0 Å².